The van der Waals surface area contributed by atoms with Crippen LogP contribution in [0.3, 0.4) is 0 Å². The monoisotopic (exact) mass is 911 g/mol. The average molecular weight is 912 g/mol. The lowest BCUT2D eigenvalue weighted by molar-refractivity contribution is -0.136. The van der Waals surface area contributed by atoms with Gasteiger partial charge in [0.2, 0.25) is 11.8 Å². The quantitative estimate of drug-likeness (QED) is 0.141. The zero-order valence-electron chi connectivity index (χ0n) is 37.3. The molecular formula is C49H51F2N11O5. The van der Waals surface area contributed by atoms with Crippen molar-refractivity contribution in [2.75, 3.05) is 66.2 Å². The second-order valence-corrected chi connectivity index (χ2v) is 18.2. The van der Waals surface area contributed by atoms with Crippen LogP contribution in [0, 0.1) is 31.4 Å². The highest BCUT2D eigenvalue weighted by atomic mass is 19.1. The van der Waals surface area contributed by atoms with Gasteiger partial charge in [0.05, 0.1) is 5.69 Å². The summed E-state index contributed by atoms with van der Waals surface area (Å²) < 4.78 is 33.3. The molecule has 0 radical (unpaired) electrons. The molecule has 346 valence electrons. The molecule has 0 saturated carbocycles. The summed E-state index contributed by atoms with van der Waals surface area (Å²) >= 11 is 0. The third-order valence-corrected chi connectivity index (χ3v) is 13.9. The van der Waals surface area contributed by atoms with Crippen molar-refractivity contribution >= 4 is 58.2 Å². The van der Waals surface area contributed by atoms with Gasteiger partial charge in [0, 0.05) is 99.1 Å². The van der Waals surface area contributed by atoms with Gasteiger partial charge < -0.3 is 31.1 Å². The summed E-state index contributed by atoms with van der Waals surface area (Å²) in [6, 6.07) is 16.7. The summed E-state index contributed by atoms with van der Waals surface area (Å²) in [7, 11) is 0. The van der Waals surface area contributed by atoms with Gasteiger partial charge in [-0.05, 0) is 117 Å². The van der Waals surface area contributed by atoms with Crippen LogP contribution < -0.4 is 31.5 Å². The Morgan fingerprint density at radius 3 is 2.37 bits per heavy atom. The highest BCUT2D eigenvalue weighted by molar-refractivity contribution is 6.07. The lowest BCUT2D eigenvalue weighted by Crippen LogP contribution is -2.52. The van der Waals surface area contributed by atoms with Crippen LogP contribution in [0.4, 0.5) is 37.5 Å². The number of imide groups is 1. The molecule has 0 spiro atoms. The number of pyridine rings is 1. The molecule has 0 aliphatic carbocycles. The maximum absolute atomic E-state index is 16.1. The van der Waals surface area contributed by atoms with Crippen LogP contribution in [0.15, 0.2) is 60.7 Å². The maximum atomic E-state index is 16.1. The number of primary amides is 1. The topological polar surface area (TPSA) is 191 Å². The first-order valence-corrected chi connectivity index (χ1v) is 22.8. The predicted molar refractivity (Wildman–Crippen MR) is 247 cm³/mol. The van der Waals surface area contributed by atoms with Crippen LogP contribution in [0.25, 0.3) is 11.3 Å². The lowest BCUT2D eigenvalue weighted by Gasteiger charge is -2.40. The van der Waals surface area contributed by atoms with Crippen LogP contribution in [0.5, 0.6) is 0 Å². The zero-order chi connectivity index (χ0) is 46.7. The van der Waals surface area contributed by atoms with Crippen molar-refractivity contribution in [1.29, 1.82) is 0 Å². The van der Waals surface area contributed by atoms with Crippen LogP contribution in [0.2, 0.25) is 0 Å². The largest absolute Gasteiger partial charge is 0.369 e. The first-order valence-electron chi connectivity index (χ1n) is 22.8. The zero-order valence-corrected chi connectivity index (χ0v) is 37.3. The molecule has 5 aliphatic heterocycles. The fourth-order valence-electron chi connectivity index (χ4n) is 10.3. The van der Waals surface area contributed by atoms with Gasteiger partial charge in [0.1, 0.15) is 40.6 Å². The number of carbonyl (C=O) groups excluding carboxylic acids is 5. The summed E-state index contributed by atoms with van der Waals surface area (Å²) in [6.45, 7) is 9.66. The molecule has 5 N–H and O–H groups in total. The minimum atomic E-state index is -0.760. The van der Waals surface area contributed by atoms with E-state index in [1.54, 1.807) is 35.9 Å². The predicted octanol–water partition coefficient (Wildman–Crippen LogP) is 5.29. The average Bonchev–Trinajstić information content (AvgIpc) is 3.76. The number of nitrogens with one attached hydrogen (secondary N) is 3. The number of amides is 5. The Kier molecular flexibility index (Phi) is 11.4. The molecule has 10 rings (SSSR count). The minimum Gasteiger partial charge on any atom is -0.369 e. The van der Waals surface area contributed by atoms with Gasteiger partial charge >= 0.3 is 0 Å². The van der Waals surface area contributed by atoms with Crippen molar-refractivity contribution in [3.63, 3.8) is 0 Å². The molecule has 16 nitrogen and oxygen atoms in total. The standard InChI is InChI=1S/C49H51F2N11O5/c1-27-4-3-5-40(53-27)55-47(65)33-7-8-34(43(51)28(33)2)44-42(45(52)64)46-54-37-9-6-32(22-30(37)14-17-62(46)57-44)59-20-18-58(19-21-59)25-29-12-15-60(16-13-29)39-24-35-31(23-36(39)50)26-61(49(35)67)38-10-11-41(63)56-48(38)66/h3-9,22-24,29,38,54H,10-21,25-26H2,1-2H3,(H2,52,64)(H,53,55,65)(H,56,63,66). The maximum Gasteiger partial charge on any atom is 0.257 e. The number of nitrogens with two attached hydrogens (primary N) is 1. The Bertz CT molecular complexity index is 2870. The number of rotatable bonds is 9. The van der Waals surface area contributed by atoms with E-state index in [0.29, 0.717) is 60.4 Å². The number of piperidine rings is 2. The first-order chi connectivity index (χ1) is 32.3. The summed E-state index contributed by atoms with van der Waals surface area (Å²) in [5, 5.41) is 13.1. The number of benzene rings is 3. The second kappa shape index (κ2) is 17.5. The molecule has 1 unspecified atom stereocenters. The SMILES string of the molecule is Cc1cccc(NC(=O)c2ccc(-c3nn4c(c3C(N)=O)Nc3ccc(N5CCN(CC6CCN(c7cc8c(cc7F)CN(C7CCC(=O)NC7=O)C8=O)CC6)CC5)cc3CC4)c(F)c2C)n1. The fraction of sp³-hybridized carbons (Fsp3) is 0.367. The second-order valence-electron chi connectivity index (χ2n) is 18.2. The summed E-state index contributed by atoms with van der Waals surface area (Å²) in [5.41, 5.74) is 11.5. The number of nitrogens with zero attached hydrogens (tertiary/aromatic N) is 7. The van der Waals surface area contributed by atoms with Gasteiger partial charge in [0.15, 0.2) is 0 Å². The van der Waals surface area contributed by atoms with E-state index < -0.39 is 29.6 Å². The molecule has 3 saturated heterocycles. The smallest absolute Gasteiger partial charge is 0.257 e. The van der Waals surface area contributed by atoms with E-state index in [2.05, 4.69) is 42.9 Å². The van der Waals surface area contributed by atoms with Gasteiger partial charge in [-0.15, -0.1) is 0 Å². The number of aryl methyl sites for hydroxylation is 3. The molecule has 5 aromatic rings. The molecule has 3 aromatic carbocycles. The van der Waals surface area contributed by atoms with Crippen molar-refractivity contribution < 1.29 is 32.8 Å². The molecule has 0 bridgehead atoms. The number of carbonyl (C=O) groups is 5. The van der Waals surface area contributed by atoms with E-state index in [-0.39, 0.29) is 65.0 Å². The number of fused-ring (bicyclic) bond motifs is 3. The van der Waals surface area contributed by atoms with E-state index in [9.17, 15) is 24.0 Å². The number of anilines is 5. The lowest BCUT2D eigenvalue weighted by atomic mass is 9.95. The molecule has 7 heterocycles. The number of hydrogen-bond acceptors (Lipinski definition) is 11. The Labute approximate surface area is 385 Å². The Morgan fingerprint density at radius 2 is 1.63 bits per heavy atom. The van der Waals surface area contributed by atoms with E-state index in [4.69, 9.17) is 10.8 Å². The third-order valence-electron chi connectivity index (χ3n) is 13.9. The molecule has 5 aliphatic rings. The first kappa shape index (κ1) is 43.7. The highest BCUT2D eigenvalue weighted by Crippen LogP contribution is 2.39. The summed E-state index contributed by atoms with van der Waals surface area (Å²) in [4.78, 5) is 76.4. The van der Waals surface area contributed by atoms with Crippen LogP contribution in [0.1, 0.15) is 79.1 Å². The summed E-state index contributed by atoms with van der Waals surface area (Å²) in [6.07, 6.45) is 2.81. The number of hydrogen-bond donors (Lipinski definition) is 4. The van der Waals surface area contributed by atoms with Crippen LogP contribution in [-0.2, 0) is 29.1 Å². The van der Waals surface area contributed by atoms with E-state index in [1.165, 1.54) is 30.0 Å². The Morgan fingerprint density at radius 1 is 0.836 bits per heavy atom. The van der Waals surface area contributed by atoms with Crippen molar-refractivity contribution in [3.8, 4) is 11.3 Å². The normalized spacial score (nSPS) is 18.8. The van der Waals surface area contributed by atoms with E-state index >= 15 is 8.78 Å². The third kappa shape index (κ3) is 8.34. The van der Waals surface area contributed by atoms with Gasteiger partial charge in [-0.25, -0.2) is 18.4 Å². The molecule has 3 fully saturated rings. The Hall–Kier alpha value is -7.21. The highest BCUT2D eigenvalue weighted by Gasteiger charge is 2.40. The van der Waals surface area contributed by atoms with Crippen molar-refractivity contribution in [2.45, 2.75) is 65.1 Å². The van der Waals surface area contributed by atoms with Gasteiger partial charge in [-0.2, -0.15) is 5.10 Å². The number of halogens is 2. The number of aromatic nitrogens is 3. The van der Waals surface area contributed by atoms with Gasteiger partial charge in [0.25, 0.3) is 17.7 Å². The van der Waals surface area contributed by atoms with Crippen LogP contribution in [-0.4, -0.2) is 106 Å². The van der Waals surface area contributed by atoms with Crippen molar-refractivity contribution in [3.05, 3.63) is 111 Å². The molecular weight excluding hydrogens is 861 g/mol. The molecule has 1 atom stereocenters. The van der Waals surface area contributed by atoms with Crippen LogP contribution >= 0.6 is 0 Å². The van der Waals surface area contributed by atoms with E-state index in [0.717, 1.165) is 68.2 Å². The minimum absolute atomic E-state index is 0.0603. The molecule has 18 heteroatoms. The van der Waals surface area contributed by atoms with Crippen molar-refractivity contribution in [2.24, 2.45) is 11.7 Å². The molecule has 67 heavy (non-hydrogen) atoms. The van der Waals surface area contributed by atoms with Crippen molar-refractivity contribution in [1.82, 2.24) is 29.9 Å². The molecule has 2 aromatic heterocycles. The molecule has 5 amide bonds. The summed E-state index contributed by atoms with van der Waals surface area (Å²) in [5.74, 6) is -2.28. The van der Waals surface area contributed by atoms with Gasteiger partial charge in [-0.1, -0.05) is 6.07 Å². The number of piperazine rings is 1. The Balaban J connectivity index is 0.746. The van der Waals surface area contributed by atoms with E-state index in [1.807, 2.05) is 11.0 Å². The van der Waals surface area contributed by atoms with Gasteiger partial charge in [-0.3, -0.25) is 34.2 Å². The fourth-order valence-corrected chi connectivity index (χ4v) is 10.3.